The van der Waals surface area contributed by atoms with Crippen molar-refractivity contribution >= 4 is 17.6 Å². The molecule has 0 unspecified atom stereocenters. The third-order valence-electron chi connectivity index (χ3n) is 2.61. The molecule has 0 aliphatic carbocycles. The van der Waals surface area contributed by atoms with Crippen LogP contribution in [0.3, 0.4) is 0 Å². The number of hydrogen-bond acceptors (Lipinski definition) is 3. The number of benzene rings is 1. The minimum Gasteiger partial charge on any atom is -0.494 e. The van der Waals surface area contributed by atoms with E-state index < -0.39 is 11.4 Å². The first kappa shape index (κ1) is 15.0. The molecular weight excluding hydrogens is 246 g/mol. The van der Waals surface area contributed by atoms with E-state index in [-0.39, 0.29) is 12.3 Å². The first-order chi connectivity index (χ1) is 8.85. The van der Waals surface area contributed by atoms with Crippen molar-refractivity contribution in [2.45, 2.75) is 27.2 Å². The zero-order valence-corrected chi connectivity index (χ0v) is 11.4. The summed E-state index contributed by atoms with van der Waals surface area (Å²) in [5, 5.41) is 11.6. The van der Waals surface area contributed by atoms with Gasteiger partial charge in [0.2, 0.25) is 5.91 Å². The van der Waals surface area contributed by atoms with Crippen LogP contribution in [0.5, 0.6) is 5.75 Å². The maximum absolute atomic E-state index is 11.8. The number of ether oxygens (including phenoxy) is 1. The number of amides is 1. The van der Waals surface area contributed by atoms with Crippen LogP contribution in [0.4, 0.5) is 5.69 Å². The number of nitrogens with one attached hydrogen (secondary N) is 1. The van der Waals surface area contributed by atoms with E-state index in [9.17, 15) is 9.59 Å². The van der Waals surface area contributed by atoms with E-state index in [1.54, 1.807) is 24.3 Å². The van der Waals surface area contributed by atoms with Crippen LogP contribution < -0.4 is 10.1 Å². The van der Waals surface area contributed by atoms with Gasteiger partial charge in [-0.25, -0.2) is 0 Å². The van der Waals surface area contributed by atoms with Crippen LogP contribution in [0.2, 0.25) is 0 Å². The lowest BCUT2D eigenvalue weighted by molar-refractivity contribution is -0.148. The highest BCUT2D eigenvalue weighted by molar-refractivity contribution is 5.94. The van der Waals surface area contributed by atoms with Crippen molar-refractivity contribution < 1.29 is 19.4 Å². The van der Waals surface area contributed by atoms with Crippen molar-refractivity contribution in [3.05, 3.63) is 24.3 Å². The third-order valence-corrected chi connectivity index (χ3v) is 2.61. The summed E-state index contributed by atoms with van der Waals surface area (Å²) in [6.45, 7) is 5.46. The summed E-state index contributed by atoms with van der Waals surface area (Å²) in [6, 6.07) is 6.99. The number of carboxylic acid groups (broad SMARTS) is 1. The molecule has 0 atom stereocenters. The number of rotatable bonds is 6. The number of carbonyl (C=O) groups is 2. The lowest BCUT2D eigenvalue weighted by Gasteiger charge is -2.18. The number of anilines is 1. The lowest BCUT2D eigenvalue weighted by Crippen LogP contribution is -2.29. The van der Waals surface area contributed by atoms with Crippen LogP contribution in [-0.4, -0.2) is 23.6 Å². The number of aliphatic carboxylic acids is 1. The van der Waals surface area contributed by atoms with Gasteiger partial charge in [-0.3, -0.25) is 9.59 Å². The molecule has 1 rings (SSSR count). The van der Waals surface area contributed by atoms with Crippen LogP contribution in [0, 0.1) is 5.41 Å². The molecule has 19 heavy (non-hydrogen) atoms. The molecule has 1 aromatic rings. The highest BCUT2D eigenvalue weighted by atomic mass is 16.5. The predicted octanol–water partition coefficient (Wildman–Crippen LogP) is 2.52. The van der Waals surface area contributed by atoms with Gasteiger partial charge in [0, 0.05) is 18.2 Å². The molecule has 0 saturated heterocycles. The lowest BCUT2D eigenvalue weighted by atomic mass is 9.89. The van der Waals surface area contributed by atoms with Crippen molar-refractivity contribution in [1.29, 1.82) is 0 Å². The predicted molar refractivity (Wildman–Crippen MR) is 72.3 cm³/mol. The fraction of sp³-hybridized carbons (Fsp3) is 0.429. The Morgan fingerprint density at radius 2 is 2.05 bits per heavy atom. The van der Waals surface area contributed by atoms with Crippen molar-refractivity contribution in [2.75, 3.05) is 11.9 Å². The summed E-state index contributed by atoms with van der Waals surface area (Å²) in [7, 11) is 0. The normalized spacial score (nSPS) is 10.9. The molecule has 0 fully saturated rings. The second kappa shape index (κ2) is 6.22. The maximum atomic E-state index is 11.8. The topological polar surface area (TPSA) is 75.6 Å². The summed E-state index contributed by atoms with van der Waals surface area (Å²) in [6.07, 6.45) is -0.0821. The first-order valence-electron chi connectivity index (χ1n) is 6.11. The summed E-state index contributed by atoms with van der Waals surface area (Å²) in [5.74, 6) is -0.662. The zero-order chi connectivity index (χ0) is 14.5. The number of hydrogen-bond donors (Lipinski definition) is 2. The second-order valence-electron chi connectivity index (χ2n) is 4.87. The molecule has 0 heterocycles. The van der Waals surface area contributed by atoms with E-state index in [1.165, 1.54) is 13.8 Å². The van der Waals surface area contributed by atoms with Gasteiger partial charge in [-0.05, 0) is 32.9 Å². The number of carbonyl (C=O) groups excluding carboxylic acids is 1. The molecule has 0 aromatic heterocycles. The Morgan fingerprint density at radius 3 is 2.63 bits per heavy atom. The molecule has 0 spiro atoms. The molecule has 0 bridgehead atoms. The van der Waals surface area contributed by atoms with Crippen LogP contribution in [0.25, 0.3) is 0 Å². The molecule has 0 aliphatic heterocycles. The Labute approximate surface area is 112 Å². The van der Waals surface area contributed by atoms with E-state index in [2.05, 4.69) is 5.32 Å². The molecule has 1 aromatic carbocycles. The largest absolute Gasteiger partial charge is 0.494 e. The summed E-state index contributed by atoms with van der Waals surface area (Å²) < 4.78 is 5.32. The standard InChI is InChI=1S/C14H19NO4/c1-4-19-11-7-5-6-10(8-11)15-12(16)9-14(2,3)13(17)18/h5-8H,4,9H2,1-3H3,(H,15,16)(H,17,18). The highest BCUT2D eigenvalue weighted by Gasteiger charge is 2.30. The Morgan fingerprint density at radius 1 is 1.37 bits per heavy atom. The summed E-state index contributed by atoms with van der Waals surface area (Å²) in [5.41, 5.74) is -0.487. The first-order valence-corrected chi connectivity index (χ1v) is 6.11. The van der Waals surface area contributed by atoms with Gasteiger partial charge in [0.1, 0.15) is 5.75 Å². The third kappa shape index (κ3) is 4.62. The van der Waals surface area contributed by atoms with Crippen LogP contribution in [-0.2, 0) is 9.59 Å². The van der Waals surface area contributed by atoms with E-state index in [0.717, 1.165) is 0 Å². The zero-order valence-electron chi connectivity index (χ0n) is 11.4. The summed E-state index contributed by atoms with van der Waals surface area (Å²) >= 11 is 0. The van der Waals surface area contributed by atoms with Gasteiger partial charge in [0.05, 0.1) is 12.0 Å². The van der Waals surface area contributed by atoms with Crippen molar-refractivity contribution in [1.82, 2.24) is 0 Å². The maximum Gasteiger partial charge on any atom is 0.309 e. The van der Waals surface area contributed by atoms with Gasteiger partial charge in [0.25, 0.3) is 0 Å². The van der Waals surface area contributed by atoms with Crippen LogP contribution in [0.15, 0.2) is 24.3 Å². The fourth-order valence-electron chi connectivity index (χ4n) is 1.51. The van der Waals surface area contributed by atoms with E-state index in [1.807, 2.05) is 6.92 Å². The molecule has 104 valence electrons. The van der Waals surface area contributed by atoms with E-state index in [0.29, 0.717) is 18.0 Å². The minimum atomic E-state index is -1.08. The van der Waals surface area contributed by atoms with Gasteiger partial charge in [-0.15, -0.1) is 0 Å². The Balaban J connectivity index is 2.67. The van der Waals surface area contributed by atoms with Gasteiger partial charge in [-0.1, -0.05) is 6.07 Å². The average Bonchev–Trinajstić information content (AvgIpc) is 2.28. The average molecular weight is 265 g/mol. The molecule has 2 N–H and O–H groups in total. The van der Waals surface area contributed by atoms with Crippen molar-refractivity contribution in [3.8, 4) is 5.75 Å². The van der Waals surface area contributed by atoms with Crippen molar-refractivity contribution in [3.63, 3.8) is 0 Å². The molecule has 5 nitrogen and oxygen atoms in total. The molecule has 0 radical (unpaired) electrons. The fourth-order valence-corrected chi connectivity index (χ4v) is 1.51. The quantitative estimate of drug-likeness (QED) is 0.828. The highest BCUT2D eigenvalue weighted by Crippen LogP contribution is 2.22. The summed E-state index contributed by atoms with van der Waals surface area (Å²) in [4.78, 5) is 22.7. The monoisotopic (exact) mass is 265 g/mol. The number of carboxylic acids is 1. The van der Waals surface area contributed by atoms with Gasteiger partial charge in [0.15, 0.2) is 0 Å². The smallest absolute Gasteiger partial charge is 0.309 e. The molecule has 0 aliphatic rings. The Hall–Kier alpha value is -2.04. The molecule has 5 heteroatoms. The van der Waals surface area contributed by atoms with E-state index in [4.69, 9.17) is 9.84 Å². The molecule has 1 amide bonds. The minimum absolute atomic E-state index is 0.0821. The Kier molecular flexibility index (Phi) is 4.92. The van der Waals surface area contributed by atoms with Gasteiger partial charge in [-0.2, -0.15) is 0 Å². The molecule has 0 saturated carbocycles. The van der Waals surface area contributed by atoms with Crippen molar-refractivity contribution in [2.24, 2.45) is 5.41 Å². The van der Waals surface area contributed by atoms with Gasteiger partial charge >= 0.3 is 5.97 Å². The Bertz CT molecular complexity index is 468. The van der Waals surface area contributed by atoms with E-state index >= 15 is 0 Å². The second-order valence-corrected chi connectivity index (χ2v) is 4.87. The van der Waals surface area contributed by atoms with Gasteiger partial charge < -0.3 is 15.2 Å². The SMILES string of the molecule is CCOc1cccc(NC(=O)CC(C)(C)C(=O)O)c1. The molecular formula is C14H19NO4. The van der Waals surface area contributed by atoms with Crippen LogP contribution >= 0.6 is 0 Å². The van der Waals surface area contributed by atoms with Crippen LogP contribution in [0.1, 0.15) is 27.2 Å².